The minimum absolute atomic E-state index is 0.277. The molecular formula is C22H18F2N2O5. The molecule has 2 aromatic carbocycles. The second-order valence-electron chi connectivity index (χ2n) is 6.77. The van der Waals surface area contributed by atoms with E-state index in [1.165, 1.54) is 14.2 Å². The molecule has 0 spiro atoms. The van der Waals surface area contributed by atoms with E-state index in [0.717, 1.165) is 12.1 Å². The van der Waals surface area contributed by atoms with E-state index in [0.29, 0.717) is 34.1 Å². The third-order valence-corrected chi connectivity index (χ3v) is 4.97. The Kier molecular flexibility index (Phi) is 5.33. The topological polar surface area (TPSA) is 89.7 Å². The normalized spacial score (nSPS) is 12.5. The molecule has 0 unspecified atom stereocenters. The lowest BCUT2D eigenvalue weighted by molar-refractivity contribution is 0.0939. The molecule has 2 N–H and O–H groups in total. The Hall–Kier alpha value is -3.88. The second-order valence-corrected chi connectivity index (χ2v) is 6.77. The highest BCUT2D eigenvalue weighted by molar-refractivity contribution is 5.94. The van der Waals surface area contributed by atoms with Crippen LogP contribution in [-0.4, -0.2) is 25.1 Å². The molecule has 0 fully saturated rings. The molecule has 2 heterocycles. The van der Waals surface area contributed by atoms with Gasteiger partial charge in [0.1, 0.15) is 28.6 Å². The Labute approximate surface area is 175 Å². The van der Waals surface area contributed by atoms with Crippen molar-refractivity contribution < 1.29 is 27.8 Å². The van der Waals surface area contributed by atoms with Gasteiger partial charge in [-0.3, -0.25) is 9.59 Å². The van der Waals surface area contributed by atoms with Gasteiger partial charge in [0.15, 0.2) is 0 Å². The summed E-state index contributed by atoms with van der Waals surface area (Å²) in [6.07, 6.45) is -2.84. The zero-order valence-corrected chi connectivity index (χ0v) is 16.6. The standard InChI is InChI=1S/C22H18F2N2O5/c1-29-11-3-5-13-17(9-11)31-18-10-12(30-2)4-6-14(18)19(13)26-22(28)15-7-8-16(20(23)24)25-21(15)27/h3-10,19-20H,1-2H3,(H,25,27)(H,26,28). The van der Waals surface area contributed by atoms with Gasteiger partial charge < -0.3 is 24.5 Å². The molecule has 0 saturated carbocycles. The maximum absolute atomic E-state index is 12.9. The van der Waals surface area contributed by atoms with Crippen LogP contribution in [0, 0.1) is 0 Å². The van der Waals surface area contributed by atoms with E-state index in [9.17, 15) is 18.4 Å². The molecule has 31 heavy (non-hydrogen) atoms. The first-order valence-electron chi connectivity index (χ1n) is 9.27. The summed E-state index contributed by atoms with van der Waals surface area (Å²) in [6, 6.07) is 11.7. The Morgan fingerprint density at radius 1 is 1.00 bits per heavy atom. The number of hydrogen-bond donors (Lipinski definition) is 2. The molecular weight excluding hydrogens is 410 g/mol. The van der Waals surface area contributed by atoms with Crippen LogP contribution in [0.2, 0.25) is 0 Å². The van der Waals surface area contributed by atoms with Crippen molar-refractivity contribution in [3.05, 3.63) is 81.3 Å². The number of carbonyl (C=O) groups excluding carboxylic acids is 1. The van der Waals surface area contributed by atoms with Crippen LogP contribution < -0.4 is 25.1 Å². The van der Waals surface area contributed by atoms with E-state index in [1.807, 2.05) is 4.98 Å². The number of alkyl halides is 2. The number of halogens is 2. The van der Waals surface area contributed by atoms with Crippen molar-refractivity contribution in [2.45, 2.75) is 12.5 Å². The minimum Gasteiger partial charge on any atom is -0.497 e. The molecule has 1 amide bonds. The summed E-state index contributed by atoms with van der Waals surface area (Å²) in [6.45, 7) is 0. The van der Waals surface area contributed by atoms with Gasteiger partial charge in [-0.15, -0.1) is 0 Å². The molecule has 0 saturated heterocycles. The van der Waals surface area contributed by atoms with Crippen molar-refractivity contribution >= 4 is 5.91 Å². The average Bonchev–Trinajstić information content (AvgIpc) is 2.77. The SMILES string of the molecule is COc1ccc2c(c1)Oc1cc(OC)ccc1C2NC(=O)c1ccc(C(F)F)[nH]c1=O. The monoisotopic (exact) mass is 428 g/mol. The summed E-state index contributed by atoms with van der Waals surface area (Å²) < 4.78 is 42.1. The quantitative estimate of drug-likeness (QED) is 0.642. The highest BCUT2D eigenvalue weighted by Crippen LogP contribution is 2.45. The number of nitrogens with one attached hydrogen (secondary N) is 2. The van der Waals surface area contributed by atoms with Gasteiger partial charge in [0.05, 0.1) is 26.0 Å². The summed E-state index contributed by atoms with van der Waals surface area (Å²) in [7, 11) is 3.05. The number of fused-ring (bicyclic) bond motifs is 2. The number of ether oxygens (including phenoxy) is 3. The summed E-state index contributed by atoms with van der Waals surface area (Å²) >= 11 is 0. The van der Waals surface area contributed by atoms with Crippen LogP contribution in [-0.2, 0) is 0 Å². The molecule has 160 valence electrons. The molecule has 3 aromatic rings. The number of aromatic amines is 1. The zero-order chi connectivity index (χ0) is 22.1. The number of amides is 1. The summed E-state index contributed by atoms with van der Waals surface area (Å²) in [5, 5.41) is 2.80. The Morgan fingerprint density at radius 2 is 1.58 bits per heavy atom. The number of pyridine rings is 1. The van der Waals surface area contributed by atoms with Gasteiger partial charge in [-0.2, -0.15) is 0 Å². The van der Waals surface area contributed by atoms with Crippen molar-refractivity contribution in [2.75, 3.05) is 14.2 Å². The first kappa shape index (κ1) is 20.4. The van der Waals surface area contributed by atoms with Gasteiger partial charge >= 0.3 is 0 Å². The number of aromatic nitrogens is 1. The van der Waals surface area contributed by atoms with Crippen molar-refractivity contribution in [1.29, 1.82) is 0 Å². The number of rotatable bonds is 5. The van der Waals surface area contributed by atoms with Gasteiger partial charge in [0.25, 0.3) is 17.9 Å². The average molecular weight is 428 g/mol. The number of methoxy groups -OCH3 is 2. The second kappa shape index (κ2) is 8.10. The predicted molar refractivity (Wildman–Crippen MR) is 107 cm³/mol. The van der Waals surface area contributed by atoms with Crippen LogP contribution in [0.1, 0.15) is 39.6 Å². The molecule has 9 heteroatoms. The lowest BCUT2D eigenvalue weighted by Crippen LogP contribution is -2.34. The largest absolute Gasteiger partial charge is 0.497 e. The molecule has 0 radical (unpaired) electrons. The van der Waals surface area contributed by atoms with Crippen molar-refractivity contribution in [3.8, 4) is 23.0 Å². The van der Waals surface area contributed by atoms with Crippen molar-refractivity contribution in [2.24, 2.45) is 0 Å². The smallest absolute Gasteiger partial charge is 0.278 e. The first-order valence-corrected chi connectivity index (χ1v) is 9.27. The summed E-state index contributed by atoms with van der Waals surface area (Å²) in [5.41, 5.74) is -0.435. The van der Waals surface area contributed by atoms with Gasteiger partial charge in [0.2, 0.25) is 0 Å². The molecule has 0 atom stereocenters. The van der Waals surface area contributed by atoms with E-state index < -0.39 is 29.6 Å². The first-order chi connectivity index (χ1) is 14.9. The molecule has 1 aliphatic rings. The fourth-order valence-corrected chi connectivity index (χ4v) is 3.38. The molecule has 0 bridgehead atoms. The van der Waals surface area contributed by atoms with Gasteiger partial charge in [-0.05, 0) is 36.4 Å². The van der Waals surface area contributed by atoms with Gasteiger partial charge in [-0.25, -0.2) is 8.78 Å². The number of hydrogen-bond acceptors (Lipinski definition) is 5. The highest BCUT2D eigenvalue weighted by Gasteiger charge is 2.30. The number of H-pyrrole nitrogens is 1. The van der Waals surface area contributed by atoms with Gasteiger partial charge in [-0.1, -0.05) is 0 Å². The van der Waals surface area contributed by atoms with Crippen LogP contribution in [0.3, 0.4) is 0 Å². The van der Waals surface area contributed by atoms with E-state index in [2.05, 4.69) is 5.32 Å². The Morgan fingerprint density at radius 3 is 2.06 bits per heavy atom. The fraction of sp³-hybridized carbons (Fsp3) is 0.182. The van der Waals surface area contributed by atoms with Crippen molar-refractivity contribution in [1.82, 2.24) is 10.3 Å². The Balaban J connectivity index is 1.74. The van der Waals surface area contributed by atoms with Crippen LogP contribution in [0.15, 0.2) is 53.3 Å². The highest BCUT2D eigenvalue weighted by atomic mass is 19.3. The molecule has 4 rings (SSSR count). The van der Waals surface area contributed by atoms with Crippen LogP contribution in [0.25, 0.3) is 0 Å². The summed E-state index contributed by atoms with van der Waals surface area (Å²) in [5.74, 6) is 1.35. The van der Waals surface area contributed by atoms with Crippen LogP contribution >= 0.6 is 0 Å². The van der Waals surface area contributed by atoms with Crippen molar-refractivity contribution in [3.63, 3.8) is 0 Å². The fourth-order valence-electron chi connectivity index (χ4n) is 3.38. The Bertz CT molecular complexity index is 1160. The maximum Gasteiger partial charge on any atom is 0.278 e. The van der Waals surface area contributed by atoms with E-state index in [1.54, 1.807) is 36.4 Å². The van der Waals surface area contributed by atoms with E-state index >= 15 is 0 Å². The van der Waals surface area contributed by atoms with E-state index in [-0.39, 0.29) is 5.56 Å². The lowest BCUT2D eigenvalue weighted by atomic mass is 9.94. The maximum atomic E-state index is 12.9. The van der Waals surface area contributed by atoms with Crippen LogP contribution in [0.5, 0.6) is 23.0 Å². The molecule has 1 aliphatic heterocycles. The van der Waals surface area contributed by atoms with Gasteiger partial charge in [0, 0.05) is 23.3 Å². The predicted octanol–water partition coefficient (Wildman–Crippen LogP) is 3.95. The summed E-state index contributed by atoms with van der Waals surface area (Å²) in [4.78, 5) is 27.1. The van der Waals surface area contributed by atoms with Crippen LogP contribution in [0.4, 0.5) is 8.78 Å². The lowest BCUT2D eigenvalue weighted by Gasteiger charge is -2.29. The number of benzene rings is 2. The third-order valence-electron chi connectivity index (χ3n) is 4.97. The minimum atomic E-state index is -2.84. The third kappa shape index (κ3) is 3.81. The number of carbonyl (C=O) groups is 1. The molecule has 7 nitrogen and oxygen atoms in total. The zero-order valence-electron chi connectivity index (χ0n) is 16.6. The molecule has 1 aromatic heterocycles. The molecule has 0 aliphatic carbocycles. The van der Waals surface area contributed by atoms with E-state index in [4.69, 9.17) is 14.2 Å².